The van der Waals surface area contributed by atoms with Crippen molar-refractivity contribution in [1.29, 1.82) is 0 Å². The van der Waals surface area contributed by atoms with Crippen molar-refractivity contribution in [3.05, 3.63) is 41.7 Å². The zero-order valence-electron chi connectivity index (χ0n) is 9.24. The average Bonchev–Trinajstić information content (AvgIpc) is 3.11. The van der Waals surface area contributed by atoms with E-state index in [0.717, 1.165) is 12.8 Å². The SMILES string of the molecule is C=Cc1ccc(F)cc1C(=O)N(C)C1CC1. The van der Waals surface area contributed by atoms with E-state index in [-0.39, 0.29) is 5.91 Å². The van der Waals surface area contributed by atoms with Gasteiger partial charge in [-0.1, -0.05) is 18.7 Å². The van der Waals surface area contributed by atoms with Gasteiger partial charge in [-0.05, 0) is 30.5 Å². The summed E-state index contributed by atoms with van der Waals surface area (Å²) in [6, 6.07) is 4.52. The number of carbonyl (C=O) groups excluding carboxylic acids is 1. The molecular formula is C13H14FNO. The maximum absolute atomic E-state index is 13.1. The lowest BCUT2D eigenvalue weighted by Gasteiger charge is -2.17. The molecule has 3 heteroatoms. The first-order valence-corrected chi connectivity index (χ1v) is 5.32. The lowest BCUT2D eigenvalue weighted by molar-refractivity contribution is 0.0784. The Morgan fingerprint density at radius 1 is 1.56 bits per heavy atom. The summed E-state index contributed by atoms with van der Waals surface area (Å²) < 4.78 is 13.1. The Morgan fingerprint density at radius 2 is 2.25 bits per heavy atom. The molecule has 0 saturated heterocycles. The molecule has 2 nitrogen and oxygen atoms in total. The minimum Gasteiger partial charge on any atom is -0.339 e. The highest BCUT2D eigenvalue weighted by atomic mass is 19.1. The molecule has 0 bridgehead atoms. The second-order valence-corrected chi connectivity index (χ2v) is 4.08. The molecule has 1 amide bonds. The van der Waals surface area contributed by atoms with E-state index >= 15 is 0 Å². The van der Waals surface area contributed by atoms with Crippen LogP contribution in [0.3, 0.4) is 0 Å². The number of hydrogen-bond acceptors (Lipinski definition) is 1. The van der Waals surface area contributed by atoms with Crippen LogP contribution in [0.5, 0.6) is 0 Å². The highest BCUT2D eigenvalue weighted by Crippen LogP contribution is 2.27. The van der Waals surface area contributed by atoms with Gasteiger partial charge < -0.3 is 4.90 Å². The molecule has 1 aromatic carbocycles. The molecule has 1 saturated carbocycles. The van der Waals surface area contributed by atoms with Crippen LogP contribution in [-0.4, -0.2) is 23.9 Å². The average molecular weight is 219 g/mol. The summed E-state index contributed by atoms with van der Waals surface area (Å²) in [4.78, 5) is 13.8. The summed E-state index contributed by atoms with van der Waals surface area (Å²) in [6.07, 6.45) is 3.66. The summed E-state index contributed by atoms with van der Waals surface area (Å²) in [5, 5.41) is 0. The molecule has 1 aliphatic rings. The van der Waals surface area contributed by atoms with Crippen molar-refractivity contribution in [1.82, 2.24) is 4.90 Å². The van der Waals surface area contributed by atoms with E-state index in [9.17, 15) is 9.18 Å². The van der Waals surface area contributed by atoms with E-state index in [0.29, 0.717) is 17.2 Å². The van der Waals surface area contributed by atoms with Crippen LogP contribution in [0.4, 0.5) is 4.39 Å². The second-order valence-electron chi connectivity index (χ2n) is 4.08. The van der Waals surface area contributed by atoms with Gasteiger partial charge in [-0.3, -0.25) is 4.79 Å². The molecule has 0 N–H and O–H groups in total. The molecule has 0 unspecified atom stereocenters. The quantitative estimate of drug-likeness (QED) is 0.765. The molecule has 1 aliphatic carbocycles. The standard InChI is InChI=1S/C13H14FNO/c1-3-9-4-5-10(14)8-12(9)13(16)15(2)11-6-7-11/h3-5,8,11H,1,6-7H2,2H3. The van der Waals surface area contributed by atoms with Crippen molar-refractivity contribution in [2.45, 2.75) is 18.9 Å². The Kier molecular flexibility index (Phi) is 2.77. The fraction of sp³-hybridized carbons (Fsp3) is 0.308. The molecule has 0 aliphatic heterocycles. The van der Waals surface area contributed by atoms with Crippen molar-refractivity contribution in [2.24, 2.45) is 0 Å². The molecule has 1 fully saturated rings. The van der Waals surface area contributed by atoms with Crippen LogP contribution >= 0.6 is 0 Å². The van der Waals surface area contributed by atoms with E-state index in [1.807, 2.05) is 0 Å². The van der Waals surface area contributed by atoms with E-state index in [4.69, 9.17) is 0 Å². The van der Waals surface area contributed by atoms with Gasteiger partial charge in [0.2, 0.25) is 0 Å². The summed E-state index contributed by atoms with van der Waals surface area (Å²) in [7, 11) is 1.76. The zero-order chi connectivity index (χ0) is 11.7. The molecular weight excluding hydrogens is 205 g/mol. The van der Waals surface area contributed by atoms with E-state index < -0.39 is 5.82 Å². The summed E-state index contributed by atoms with van der Waals surface area (Å²) in [5.41, 5.74) is 1.07. The highest BCUT2D eigenvalue weighted by molar-refractivity contribution is 5.97. The van der Waals surface area contributed by atoms with Crippen LogP contribution in [-0.2, 0) is 0 Å². The maximum Gasteiger partial charge on any atom is 0.254 e. The van der Waals surface area contributed by atoms with Crippen molar-refractivity contribution >= 4 is 12.0 Å². The number of halogens is 1. The van der Waals surface area contributed by atoms with E-state index in [1.54, 1.807) is 24.1 Å². The summed E-state index contributed by atoms with van der Waals surface area (Å²) in [6.45, 7) is 3.63. The Labute approximate surface area is 94.4 Å². The van der Waals surface area contributed by atoms with Gasteiger partial charge in [0.1, 0.15) is 5.82 Å². The van der Waals surface area contributed by atoms with Gasteiger partial charge >= 0.3 is 0 Å². The Hall–Kier alpha value is -1.64. The number of carbonyl (C=O) groups is 1. The molecule has 0 heterocycles. The smallest absolute Gasteiger partial charge is 0.254 e. The van der Waals surface area contributed by atoms with Crippen LogP contribution in [0.15, 0.2) is 24.8 Å². The van der Waals surface area contributed by atoms with Crippen molar-refractivity contribution in [2.75, 3.05) is 7.05 Å². The van der Waals surface area contributed by atoms with Crippen LogP contribution < -0.4 is 0 Å². The minimum absolute atomic E-state index is 0.128. The zero-order valence-corrected chi connectivity index (χ0v) is 9.24. The fourth-order valence-electron chi connectivity index (χ4n) is 1.71. The minimum atomic E-state index is -0.391. The van der Waals surface area contributed by atoms with E-state index in [2.05, 4.69) is 6.58 Å². The van der Waals surface area contributed by atoms with Crippen LogP contribution in [0.1, 0.15) is 28.8 Å². The van der Waals surface area contributed by atoms with Crippen LogP contribution in [0.25, 0.3) is 6.08 Å². The molecule has 0 aromatic heterocycles. The normalized spacial score (nSPS) is 14.6. The van der Waals surface area contributed by atoms with Gasteiger partial charge in [-0.15, -0.1) is 0 Å². The monoisotopic (exact) mass is 219 g/mol. The lowest BCUT2D eigenvalue weighted by atomic mass is 10.1. The van der Waals surface area contributed by atoms with Gasteiger partial charge in [0.25, 0.3) is 5.91 Å². The first-order valence-electron chi connectivity index (χ1n) is 5.32. The topological polar surface area (TPSA) is 20.3 Å². The summed E-state index contributed by atoms with van der Waals surface area (Å²) in [5.74, 6) is -0.518. The first kappa shape index (κ1) is 10.9. The molecule has 2 rings (SSSR count). The molecule has 0 radical (unpaired) electrons. The Morgan fingerprint density at radius 3 is 2.81 bits per heavy atom. The molecule has 0 spiro atoms. The third-order valence-electron chi connectivity index (χ3n) is 2.88. The van der Waals surface area contributed by atoms with Gasteiger partial charge in [0.05, 0.1) is 0 Å². The summed E-state index contributed by atoms with van der Waals surface area (Å²) >= 11 is 0. The third kappa shape index (κ3) is 1.98. The molecule has 1 aromatic rings. The number of hydrogen-bond donors (Lipinski definition) is 0. The van der Waals surface area contributed by atoms with Gasteiger partial charge in [-0.25, -0.2) is 4.39 Å². The maximum atomic E-state index is 13.1. The van der Waals surface area contributed by atoms with Crippen LogP contribution in [0.2, 0.25) is 0 Å². The number of amides is 1. The molecule has 16 heavy (non-hydrogen) atoms. The number of benzene rings is 1. The third-order valence-corrected chi connectivity index (χ3v) is 2.88. The van der Waals surface area contributed by atoms with Crippen LogP contribution in [0, 0.1) is 5.82 Å². The number of rotatable bonds is 3. The van der Waals surface area contributed by atoms with Crippen molar-refractivity contribution < 1.29 is 9.18 Å². The van der Waals surface area contributed by atoms with E-state index in [1.165, 1.54) is 12.1 Å². The predicted octanol–water partition coefficient (Wildman–Crippen LogP) is 2.70. The van der Waals surface area contributed by atoms with Crippen molar-refractivity contribution in [3.8, 4) is 0 Å². The second kappa shape index (κ2) is 4.08. The highest BCUT2D eigenvalue weighted by Gasteiger charge is 2.30. The van der Waals surface area contributed by atoms with Gasteiger partial charge in [0, 0.05) is 18.7 Å². The van der Waals surface area contributed by atoms with Gasteiger partial charge in [-0.2, -0.15) is 0 Å². The Balaban J connectivity index is 2.33. The fourth-order valence-corrected chi connectivity index (χ4v) is 1.71. The molecule has 0 atom stereocenters. The predicted molar refractivity (Wildman–Crippen MR) is 61.6 cm³/mol. The first-order chi connectivity index (χ1) is 7.63. The van der Waals surface area contributed by atoms with Gasteiger partial charge in [0.15, 0.2) is 0 Å². The Bertz CT molecular complexity index is 438. The number of nitrogens with zero attached hydrogens (tertiary/aromatic N) is 1. The molecule has 84 valence electrons. The largest absolute Gasteiger partial charge is 0.339 e. The lowest BCUT2D eigenvalue weighted by Crippen LogP contribution is -2.29. The van der Waals surface area contributed by atoms with Crippen molar-refractivity contribution in [3.63, 3.8) is 0 Å².